The summed E-state index contributed by atoms with van der Waals surface area (Å²) in [5.74, 6) is -1.49. The number of hydrogen-bond acceptors (Lipinski definition) is 4. The van der Waals surface area contributed by atoms with Gasteiger partial charge in [0.1, 0.15) is 5.76 Å². The largest absolute Gasteiger partial charge is 0.507 e. The molecule has 0 radical (unpaired) electrons. The van der Waals surface area contributed by atoms with E-state index in [0.717, 1.165) is 23.3 Å². The zero-order valence-electron chi connectivity index (χ0n) is 15.0. The van der Waals surface area contributed by atoms with E-state index in [2.05, 4.69) is 0 Å². The molecule has 27 heavy (non-hydrogen) atoms. The van der Waals surface area contributed by atoms with E-state index in [-0.39, 0.29) is 16.4 Å². The molecule has 1 aliphatic heterocycles. The van der Waals surface area contributed by atoms with Crippen LogP contribution in [-0.2, 0) is 9.59 Å². The van der Waals surface area contributed by atoms with Crippen molar-refractivity contribution in [1.29, 1.82) is 0 Å². The first-order valence-electron chi connectivity index (χ1n) is 8.64. The van der Waals surface area contributed by atoms with Crippen LogP contribution in [0.2, 0.25) is 10.0 Å². The third kappa shape index (κ3) is 3.64. The first-order valence-corrected chi connectivity index (χ1v) is 10.3. The second-order valence-electron chi connectivity index (χ2n) is 6.44. The standard InChI is InChI=1S/C20H19Cl2NO3S/c1-3-4-8-23-16(19-11(2)7-9-27-19)15(18(25)20(23)26)17(24)12-5-6-13(21)14(22)10-12/h5-7,9-10,16,24H,3-4,8H2,1-2H3/b17-15-. The number of carbonyl (C=O) groups excluding carboxylic acids is 2. The fourth-order valence-electron chi connectivity index (χ4n) is 3.18. The molecule has 4 nitrogen and oxygen atoms in total. The molecule has 1 unspecified atom stereocenters. The molecule has 142 valence electrons. The number of benzene rings is 1. The van der Waals surface area contributed by atoms with E-state index in [0.29, 0.717) is 17.1 Å². The van der Waals surface area contributed by atoms with Crippen molar-refractivity contribution in [2.75, 3.05) is 6.54 Å². The molecule has 1 aromatic heterocycles. The Morgan fingerprint density at radius 1 is 1.22 bits per heavy atom. The number of nitrogens with zero attached hydrogens (tertiary/aromatic N) is 1. The van der Waals surface area contributed by atoms with Crippen molar-refractivity contribution in [3.63, 3.8) is 0 Å². The number of carbonyl (C=O) groups is 2. The van der Waals surface area contributed by atoms with E-state index in [9.17, 15) is 14.7 Å². The number of hydrogen-bond donors (Lipinski definition) is 1. The monoisotopic (exact) mass is 423 g/mol. The third-order valence-electron chi connectivity index (χ3n) is 4.64. The van der Waals surface area contributed by atoms with Crippen LogP contribution in [0, 0.1) is 6.92 Å². The van der Waals surface area contributed by atoms with Gasteiger partial charge in [-0.05, 0) is 48.6 Å². The molecule has 1 atom stereocenters. The van der Waals surface area contributed by atoms with Crippen molar-refractivity contribution in [3.8, 4) is 0 Å². The Balaban J connectivity index is 2.18. The zero-order valence-corrected chi connectivity index (χ0v) is 17.3. The molecule has 0 aliphatic carbocycles. The smallest absolute Gasteiger partial charge is 0.295 e. The maximum atomic E-state index is 12.8. The Kier molecular flexibility index (Phi) is 5.94. The van der Waals surface area contributed by atoms with Crippen LogP contribution < -0.4 is 0 Å². The molecule has 1 aromatic carbocycles. The minimum atomic E-state index is -0.674. The summed E-state index contributed by atoms with van der Waals surface area (Å²) in [5.41, 5.74) is 1.44. The molecule has 1 amide bonds. The van der Waals surface area contributed by atoms with Crippen LogP contribution in [0.1, 0.15) is 41.8 Å². The van der Waals surface area contributed by atoms with Crippen LogP contribution in [0.5, 0.6) is 0 Å². The van der Waals surface area contributed by atoms with Crippen LogP contribution in [0.25, 0.3) is 5.76 Å². The van der Waals surface area contributed by atoms with Gasteiger partial charge in [-0.2, -0.15) is 0 Å². The van der Waals surface area contributed by atoms with Crippen molar-refractivity contribution in [3.05, 3.63) is 61.3 Å². The van der Waals surface area contributed by atoms with Gasteiger partial charge in [0.05, 0.1) is 21.7 Å². The molecule has 0 spiro atoms. The average Bonchev–Trinajstić information content (AvgIpc) is 3.16. The number of aliphatic hydroxyl groups excluding tert-OH is 1. The van der Waals surface area contributed by atoms with Gasteiger partial charge in [0, 0.05) is 17.0 Å². The minimum absolute atomic E-state index is 0.0973. The number of unbranched alkanes of at least 4 members (excludes halogenated alkanes) is 1. The van der Waals surface area contributed by atoms with Gasteiger partial charge < -0.3 is 10.0 Å². The number of amides is 1. The first kappa shape index (κ1) is 19.9. The highest BCUT2D eigenvalue weighted by atomic mass is 35.5. The highest BCUT2D eigenvalue weighted by molar-refractivity contribution is 7.10. The topological polar surface area (TPSA) is 57.6 Å². The molecule has 1 fully saturated rings. The fourth-order valence-corrected chi connectivity index (χ4v) is 4.52. The summed E-state index contributed by atoms with van der Waals surface area (Å²) in [4.78, 5) is 27.9. The van der Waals surface area contributed by atoms with E-state index >= 15 is 0 Å². The average molecular weight is 424 g/mol. The van der Waals surface area contributed by atoms with Crippen molar-refractivity contribution < 1.29 is 14.7 Å². The van der Waals surface area contributed by atoms with E-state index in [1.54, 1.807) is 17.0 Å². The molecule has 2 aromatic rings. The predicted molar refractivity (Wildman–Crippen MR) is 109 cm³/mol. The molecule has 0 bridgehead atoms. The van der Waals surface area contributed by atoms with E-state index in [1.165, 1.54) is 17.4 Å². The highest BCUT2D eigenvalue weighted by Crippen LogP contribution is 2.43. The maximum absolute atomic E-state index is 12.8. The summed E-state index contributed by atoms with van der Waals surface area (Å²) in [6.45, 7) is 4.42. The normalized spacial score (nSPS) is 19.1. The Hall–Kier alpha value is -1.82. The predicted octanol–water partition coefficient (Wildman–Crippen LogP) is 5.59. The molecule has 0 saturated carbocycles. The molecule has 1 N–H and O–H groups in total. The lowest BCUT2D eigenvalue weighted by atomic mass is 9.98. The molecular weight excluding hydrogens is 405 g/mol. The molecule has 1 aliphatic rings. The fraction of sp³-hybridized carbons (Fsp3) is 0.300. The molecule has 7 heteroatoms. The van der Waals surface area contributed by atoms with Gasteiger partial charge >= 0.3 is 0 Å². The van der Waals surface area contributed by atoms with Crippen molar-refractivity contribution >= 4 is 52.0 Å². The third-order valence-corrected chi connectivity index (χ3v) is 6.45. The number of aliphatic hydroxyl groups is 1. The highest BCUT2D eigenvalue weighted by Gasteiger charge is 2.46. The number of likely N-dealkylation sites (tertiary alicyclic amines) is 1. The van der Waals surface area contributed by atoms with Crippen LogP contribution in [-0.4, -0.2) is 28.2 Å². The first-order chi connectivity index (χ1) is 12.9. The van der Waals surface area contributed by atoms with Gasteiger partial charge in [0.2, 0.25) is 0 Å². The number of aryl methyl sites for hydroxylation is 1. The summed E-state index contributed by atoms with van der Waals surface area (Å²) in [5, 5.41) is 13.4. The Morgan fingerprint density at radius 2 is 1.96 bits per heavy atom. The zero-order chi connectivity index (χ0) is 19.7. The SMILES string of the molecule is CCCCN1C(=O)C(=O)/C(=C(\O)c2ccc(Cl)c(Cl)c2)C1c1sccc1C. The number of ketones is 1. The number of halogens is 2. The molecule has 2 heterocycles. The van der Waals surface area contributed by atoms with E-state index in [1.807, 2.05) is 25.3 Å². The second kappa shape index (κ2) is 8.05. The quantitative estimate of drug-likeness (QED) is 0.387. The van der Waals surface area contributed by atoms with Gasteiger partial charge in [-0.15, -0.1) is 11.3 Å². The summed E-state index contributed by atoms with van der Waals surface area (Å²) in [7, 11) is 0. The van der Waals surface area contributed by atoms with Gasteiger partial charge in [0.25, 0.3) is 11.7 Å². The van der Waals surface area contributed by atoms with Crippen LogP contribution >= 0.6 is 34.5 Å². The summed E-state index contributed by atoms with van der Waals surface area (Å²) in [6.07, 6.45) is 1.67. The summed E-state index contributed by atoms with van der Waals surface area (Å²) >= 11 is 13.5. The van der Waals surface area contributed by atoms with Gasteiger partial charge in [-0.25, -0.2) is 0 Å². The van der Waals surface area contributed by atoms with Crippen molar-refractivity contribution in [2.45, 2.75) is 32.7 Å². The van der Waals surface area contributed by atoms with Gasteiger partial charge in [-0.3, -0.25) is 9.59 Å². The van der Waals surface area contributed by atoms with E-state index in [4.69, 9.17) is 23.2 Å². The Labute approximate surface area is 172 Å². The molecular formula is C20H19Cl2NO3S. The Morgan fingerprint density at radius 3 is 2.56 bits per heavy atom. The van der Waals surface area contributed by atoms with Crippen molar-refractivity contribution in [2.24, 2.45) is 0 Å². The number of thiophene rings is 1. The van der Waals surface area contributed by atoms with Crippen LogP contribution in [0.4, 0.5) is 0 Å². The summed E-state index contributed by atoms with van der Waals surface area (Å²) < 4.78 is 0. The van der Waals surface area contributed by atoms with Crippen molar-refractivity contribution in [1.82, 2.24) is 4.90 Å². The van der Waals surface area contributed by atoms with E-state index < -0.39 is 17.7 Å². The van der Waals surface area contributed by atoms with Gasteiger partial charge in [0.15, 0.2) is 0 Å². The lowest BCUT2D eigenvalue weighted by Gasteiger charge is -2.24. The summed E-state index contributed by atoms with van der Waals surface area (Å²) in [6, 6.07) is 5.99. The Bertz CT molecular complexity index is 935. The van der Waals surface area contributed by atoms with Gasteiger partial charge in [-0.1, -0.05) is 36.5 Å². The number of rotatable bonds is 5. The molecule has 1 saturated heterocycles. The van der Waals surface area contributed by atoms with Crippen LogP contribution in [0.3, 0.4) is 0 Å². The number of Topliss-reactive ketones (excluding diaryl/α,β-unsaturated/α-hetero) is 1. The lowest BCUT2D eigenvalue weighted by molar-refractivity contribution is -0.139. The van der Waals surface area contributed by atoms with Crippen LogP contribution in [0.15, 0.2) is 35.2 Å². The maximum Gasteiger partial charge on any atom is 0.295 e. The lowest BCUT2D eigenvalue weighted by Crippen LogP contribution is -2.30. The minimum Gasteiger partial charge on any atom is -0.507 e. The second-order valence-corrected chi connectivity index (χ2v) is 8.20. The molecule has 3 rings (SSSR count).